The van der Waals surface area contributed by atoms with Crippen LogP contribution in [0.25, 0.3) is 28.1 Å². The molecule has 30 heavy (non-hydrogen) atoms. The molecule has 4 nitrogen and oxygen atoms in total. The van der Waals surface area contributed by atoms with Gasteiger partial charge in [-0.15, -0.1) is 11.3 Å². The number of hydrogen-bond acceptors (Lipinski definition) is 4. The van der Waals surface area contributed by atoms with E-state index in [-0.39, 0.29) is 22.0 Å². The highest BCUT2D eigenvalue weighted by Gasteiger charge is 2.34. The zero-order valence-electron chi connectivity index (χ0n) is 15.6. The van der Waals surface area contributed by atoms with Gasteiger partial charge in [0.25, 0.3) is 5.56 Å². The predicted octanol–water partition coefficient (Wildman–Crippen LogP) is 5.65. The highest BCUT2D eigenvalue weighted by Crippen LogP contribution is 2.34. The van der Waals surface area contributed by atoms with E-state index >= 15 is 0 Å². The number of fused-ring (bicyclic) bond motifs is 1. The molecular formula is C22H15F3N2O2S. The highest BCUT2D eigenvalue weighted by atomic mass is 32.1. The van der Waals surface area contributed by atoms with Crippen molar-refractivity contribution in [2.45, 2.75) is 13.1 Å². The van der Waals surface area contributed by atoms with E-state index in [9.17, 15) is 23.1 Å². The molecule has 1 N–H and O–H groups in total. The summed E-state index contributed by atoms with van der Waals surface area (Å²) in [5, 5.41) is 9.97. The van der Waals surface area contributed by atoms with Crippen molar-refractivity contribution in [2.24, 2.45) is 0 Å². The van der Waals surface area contributed by atoms with Gasteiger partial charge in [0.1, 0.15) is 16.3 Å². The van der Waals surface area contributed by atoms with Gasteiger partial charge in [0, 0.05) is 10.4 Å². The molecule has 152 valence electrons. The Morgan fingerprint density at radius 1 is 1.07 bits per heavy atom. The first-order valence-electron chi connectivity index (χ1n) is 8.91. The number of benzene rings is 2. The molecule has 4 rings (SSSR count). The summed E-state index contributed by atoms with van der Waals surface area (Å²) in [6.07, 6.45) is -1.71. The molecule has 0 bridgehead atoms. The van der Waals surface area contributed by atoms with Crippen molar-refractivity contribution in [1.29, 1.82) is 0 Å². The molecule has 0 saturated carbocycles. The van der Waals surface area contributed by atoms with Gasteiger partial charge in [-0.25, -0.2) is 4.98 Å². The van der Waals surface area contributed by atoms with E-state index < -0.39 is 17.3 Å². The molecule has 0 unspecified atom stereocenters. The van der Waals surface area contributed by atoms with Gasteiger partial charge in [0.05, 0.1) is 16.8 Å². The number of aromatic hydroxyl groups is 1. The summed E-state index contributed by atoms with van der Waals surface area (Å²) < 4.78 is 42.2. The second-order valence-corrected chi connectivity index (χ2v) is 7.85. The van der Waals surface area contributed by atoms with Crippen LogP contribution in [0.2, 0.25) is 0 Å². The Labute approximate surface area is 173 Å². The number of aromatic nitrogens is 2. The largest absolute Gasteiger partial charge is 0.507 e. The maximum atomic E-state index is 13.6. The number of aryl methyl sites for hydroxylation is 1. The first-order valence-corrected chi connectivity index (χ1v) is 9.73. The van der Waals surface area contributed by atoms with Gasteiger partial charge in [-0.3, -0.25) is 9.36 Å². The Bertz CT molecular complexity index is 1340. The van der Waals surface area contributed by atoms with Crippen LogP contribution in [0.15, 0.2) is 59.4 Å². The smallest absolute Gasteiger partial charge is 0.418 e. The van der Waals surface area contributed by atoms with Crippen molar-refractivity contribution in [1.82, 2.24) is 9.55 Å². The minimum absolute atomic E-state index is 0.00537. The maximum Gasteiger partial charge on any atom is 0.418 e. The van der Waals surface area contributed by atoms with E-state index in [1.54, 1.807) is 31.2 Å². The van der Waals surface area contributed by atoms with Crippen LogP contribution in [0.1, 0.15) is 21.8 Å². The quantitative estimate of drug-likeness (QED) is 0.459. The zero-order chi connectivity index (χ0) is 21.5. The molecule has 2 aromatic carbocycles. The molecule has 4 aromatic rings. The lowest BCUT2D eigenvalue weighted by molar-refractivity contribution is -0.137. The third kappa shape index (κ3) is 3.61. The van der Waals surface area contributed by atoms with Crippen LogP contribution < -0.4 is 5.56 Å². The Balaban J connectivity index is 2.02. The molecule has 0 aliphatic heterocycles. The molecule has 0 atom stereocenters. The van der Waals surface area contributed by atoms with Crippen LogP contribution in [0.3, 0.4) is 0 Å². The van der Waals surface area contributed by atoms with Crippen LogP contribution in [-0.2, 0) is 6.18 Å². The van der Waals surface area contributed by atoms with Gasteiger partial charge in [0.15, 0.2) is 0 Å². The molecule has 0 amide bonds. The minimum Gasteiger partial charge on any atom is -0.507 e. The summed E-state index contributed by atoms with van der Waals surface area (Å²) in [6.45, 7) is 1.80. The first-order chi connectivity index (χ1) is 14.3. The van der Waals surface area contributed by atoms with Crippen molar-refractivity contribution < 1.29 is 18.3 Å². The van der Waals surface area contributed by atoms with Crippen molar-refractivity contribution in [2.75, 3.05) is 0 Å². The summed E-state index contributed by atoms with van der Waals surface area (Å²) >= 11 is 1.19. The fourth-order valence-electron chi connectivity index (χ4n) is 3.16. The number of para-hydroxylation sites is 2. The van der Waals surface area contributed by atoms with Crippen molar-refractivity contribution in [3.8, 4) is 11.4 Å². The number of thiophene rings is 1. The highest BCUT2D eigenvalue weighted by molar-refractivity contribution is 7.18. The fraction of sp³-hybridized carbons (Fsp3) is 0.0909. The Kier molecular flexibility index (Phi) is 4.95. The second kappa shape index (κ2) is 7.46. The first kappa shape index (κ1) is 19.9. The predicted molar refractivity (Wildman–Crippen MR) is 112 cm³/mol. The second-order valence-electron chi connectivity index (χ2n) is 6.59. The van der Waals surface area contributed by atoms with E-state index in [4.69, 9.17) is 0 Å². The average Bonchev–Trinajstić information content (AvgIpc) is 3.07. The van der Waals surface area contributed by atoms with Crippen LogP contribution >= 0.6 is 11.3 Å². The van der Waals surface area contributed by atoms with Gasteiger partial charge in [-0.1, -0.05) is 30.3 Å². The SMILES string of the molecule is Cc1cc2nc(/C=C/c3ccccc3O)n(-c3ccccc3C(F)(F)F)c(=O)c2s1. The number of phenolic OH excluding ortho intramolecular Hbond substituents is 1. The molecule has 2 heterocycles. The number of phenols is 1. The van der Waals surface area contributed by atoms with E-state index in [1.807, 2.05) is 0 Å². The van der Waals surface area contributed by atoms with Gasteiger partial charge < -0.3 is 5.11 Å². The van der Waals surface area contributed by atoms with E-state index in [0.717, 1.165) is 15.5 Å². The van der Waals surface area contributed by atoms with Crippen molar-refractivity contribution in [3.63, 3.8) is 0 Å². The lowest BCUT2D eigenvalue weighted by atomic mass is 10.1. The molecule has 0 aliphatic carbocycles. The summed E-state index contributed by atoms with van der Waals surface area (Å²) in [5.41, 5.74) is -0.943. The molecular weight excluding hydrogens is 413 g/mol. The monoisotopic (exact) mass is 428 g/mol. The van der Waals surface area contributed by atoms with E-state index in [2.05, 4.69) is 4.98 Å². The van der Waals surface area contributed by atoms with Crippen LogP contribution in [-0.4, -0.2) is 14.7 Å². The lowest BCUT2D eigenvalue weighted by Crippen LogP contribution is -2.24. The van der Waals surface area contributed by atoms with Crippen LogP contribution in [0.4, 0.5) is 13.2 Å². The van der Waals surface area contributed by atoms with Gasteiger partial charge >= 0.3 is 6.18 Å². The molecule has 0 radical (unpaired) electrons. The molecule has 8 heteroatoms. The fourth-order valence-corrected chi connectivity index (χ4v) is 4.04. The third-order valence-electron chi connectivity index (χ3n) is 4.50. The molecule has 0 saturated heterocycles. The summed E-state index contributed by atoms with van der Waals surface area (Å²) in [5.74, 6) is 0.0380. The Morgan fingerprint density at radius 3 is 2.50 bits per heavy atom. The van der Waals surface area contributed by atoms with E-state index in [1.165, 1.54) is 47.8 Å². The topological polar surface area (TPSA) is 55.1 Å². The molecule has 0 fully saturated rings. The summed E-state index contributed by atoms with van der Waals surface area (Å²) in [7, 11) is 0. The van der Waals surface area contributed by atoms with Crippen LogP contribution in [0, 0.1) is 6.92 Å². The zero-order valence-corrected chi connectivity index (χ0v) is 16.5. The van der Waals surface area contributed by atoms with Gasteiger partial charge in [-0.05, 0) is 43.3 Å². The minimum atomic E-state index is -4.64. The summed E-state index contributed by atoms with van der Waals surface area (Å²) in [6, 6.07) is 13.1. The van der Waals surface area contributed by atoms with E-state index in [0.29, 0.717) is 11.1 Å². The number of rotatable bonds is 3. The molecule has 2 aromatic heterocycles. The average molecular weight is 428 g/mol. The molecule has 0 aliphatic rings. The number of hydrogen-bond donors (Lipinski definition) is 1. The number of halogens is 3. The number of nitrogens with zero attached hydrogens (tertiary/aromatic N) is 2. The number of alkyl halides is 3. The van der Waals surface area contributed by atoms with Gasteiger partial charge in [0.2, 0.25) is 0 Å². The molecule has 0 spiro atoms. The Hall–Kier alpha value is -3.39. The standard InChI is InChI=1S/C22H15F3N2O2S/c1-13-12-16-20(30-13)21(29)27(17-8-4-3-7-15(17)22(23,24)25)19(26-16)11-10-14-6-2-5-9-18(14)28/h2-12,28H,1H3/b11-10+. The maximum absolute atomic E-state index is 13.6. The lowest BCUT2D eigenvalue weighted by Gasteiger charge is -2.16. The summed E-state index contributed by atoms with van der Waals surface area (Å²) in [4.78, 5) is 18.5. The normalized spacial score (nSPS) is 12.1. The van der Waals surface area contributed by atoms with Crippen molar-refractivity contribution in [3.05, 3.63) is 86.8 Å². The third-order valence-corrected chi connectivity index (χ3v) is 5.52. The van der Waals surface area contributed by atoms with Crippen LogP contribution in [0.5, 0.6) is 5.75 Å². The van der Waals surface area contributed by atoms with Crippen molar-refractivity contribution >= 4 is 33.7 Å². The van der Waals surface area contributed by atoms with Gasteiger partial charge in [-0.2, -0.15) is 13.2 Å². The Morgan fingerprint density at radius 2 is 1.77 bits per heavy atom.